The second-order valence-electron chi connectivity index (χ2n) is 4.74. The van der Waals surface area contributed by atoms with Crippen molar-refractivity contribution in [2.24, 2.45) is 5.10 Å². The number of H-pyrrole nitrogens is 1. The van der Waals surface area contributed by atoms with Crippen LogP contribution < -0.4 is 14.9 Å². The Hall–Kier alpha value is -2.76. The molecule has 0 radical (unpaired) electrons. The van der Waals surface area contributed by atoms with E-state index in [1.807, 2.05) is 25.1 Å². The van der Waals surface area contributed by atoms with E-state index in [1.165, 1.54) is 0 Å². The lowest BCUT2D eigenvalue weighted by molar-refractivity contribution is 0.0950. The molecule has 2 N–H and O–H groups in total. The quantitative estimate of drug-likeness (QED) is 0.635. The van der Waals surface area contributed by atoms with Crippen LogP contribution in [0.1, 0.15) is 23.0 Å². The molecule has 0 atom stereocenters. The van der Waals surface area contributed by atoms with Gasteiger partial charge in [-0.05, 0) is 36.8 Å². The number of nitrogens with zero attached hydrogens (tertiary/aromatic N) is 1. The Labute approximate surface area is 129 Å². The number of aromatic nitrogens is 1. The first-order valence-corrected chi connectivity index (χ1v) is 6.82. The van der Waals surface area contributed by atoms with Crippen molar-refractivity contribution >= 4 is 11.6 Å². The van der Waals surface area contributed by atoms with E-state index in [0.29, 0.717) is 23.6 Å². The number of hydrogen-bond donors (Lipinski definition) is 2. The Balaban J connectivity index is 2.00. The van der Waals surface area contributed by atoms with Gasteiger partial charge in [-0.15, -0.1) is 0 Å². The molecule has 0 spiro atoms. The number of rotatable bonds is 6. The van der Waals surface area contributed by atoms with E-state index in [9.17, 15) is 4.79 Å². The summed E-state index contributed by atoms with van der Waals surface area (Å²) in [5, 5.41) is 4.10. The first-order valence-electron chi connectivity index (χ1n) is 6.82. The number of carbonyl (C=O) groups is 1. The van der Waals surface area contributed by atoms with Gasteiger partial charge in [0.05, 0.1) is 14.2 Å². The zero-order valence-corrected chi connectivity index (χ0v) is 12.8. The monoisotopic (exact) mass is 301 g/mol. The normalized spacial score (nSPS) is 11.1. The van der Waals surface area contributed by atoms with Crippen molar-refractivity contribution in [1.29, 1.82) is 0 Å². The van der Waals surface area contributed by atoms with Gasteiger partial charge in [0.1, 0.15) is 5.69 Å². The minimum Gasteiger partial charge on any atom is -0.493 e. The van der Waals surface area contributed by atoms with Gasteiger partial charge >= 0.3 is 0 Å². The minimum absolute atomic E-state index is 0.267. The van der Waals surface area contributed by atoms with Crippen LogP contribution in [-0.2, 0) is 6.42 Å². The SMILES string of the molecule is COc1ccc(C/C(C)=N\NC(=O)c2ccc[nH]2)cc1OC. The predicted molar refractivity (Wildman–Crippen MR) is 84.6 cm³/mol. The van der Waals surface area contributed by atoms with Crippen molar-refractivity contribution in [1.82, 2.24) is 10.4 Å². The first kappa shape index (κ1) is 15.6. The highest BCUT2D eigenvalue weighted by Gasteiger charge is 2.07. The van der Waals surface area contributed by atoms with Gasteiger partial charge in [0.15, 0.2) is 11.5 Å². The van der Waals surface area contributed by atoms with Gasteiger partial charge in [0, 0.05) is 18.3 Å². The van der Waals surface area contributed by atoms with Gasteiger partial charge in [0.2, 0.25) is 0 Å². The summed E-state index contributed by atoms with van der Waals surface area (Å²) in [6, 6.07) is 9.13. The molecule has 0 fully saturated rings. The Bertz CT molecular complexity index is 663. The lowest BCUT2D eigenvalue weighted by atomic mass is 10.1. The molecule has 22 heavy (non-hydrogen) atoms. The molecule has 2 rings (SSSR count). The highest BCUT2D eigenvalue weighted by molar-refractivity contribution is 5.93. The summed E-state index contributed by atoms with van der Waals surface area (Å²) in [5.74, 6) is 1.08. The van der Waals surface area contributed by atoms with E-state index in [1.54, 1.807) is 32.5 Å². The molecule has 1 aromatic carbocycles. The van der Waals surface area contributed by atoms with Crippen LogP contribution >= 0.6 is 0 Å². The van der Waals surface area contributed by atoms with Crippen molar-refractivity contribution in [2.75, 3.05) is 14.2 Å². The van der Waals surface area contributed by atoms with E-state index < -0.39 is 0 Å². The van der Waals surface area contributed by atoms with Gasteiger partial charge in [-0.2, -0.15) is 5.10 Å². The van der Waals surface area contributed by atoms with Crippen molar-refractivity contribution in [3.63, 3.8) is 0 Å². The fourth-order valence-electron chi connectivity index (χ4n) is 2.00. The van der Waals surface area contributed by atoms with Crippen LogP contribution in [0.15, 0.2) is 41.6 Å². The zero-order valence-electron chi connectivity index (χ0n) is 12.8. The largest absolute Gasteiger partial charge is 0.493 e. The van der Waals surface area contributed by atoms with E-state index in [0.717, 1.165) is 11.3 Å². The molecule has 0 saturated heterocycles. The average molecular weight is 301 g/mol. The molecule has 0 aliphatic heterocycles. The van der Waals surface area contributed by atoms with E-state index in [2.05, 4.69) is 15.5 Å². The molecule has 0 saturated carbocycles. The molecular weight excluding hydrogens is 282 g/mol. The number of hydrazone groups is 1. The van der Waals surface area contributed by atoms with Gasteiger partial charge in [-0.25, -0.2) is 5.43 Å². The summed E-state index contributed by atoms with van der Waals surface area (Å²) >= 11 is 0. The Kier molecular flexibility index (Phi) is 5.19. The molecule has 1 aromatic heterocycles. The van der Waals surface area contributed by atoms with Crippen LogP contribution in [0.2, 0.25) is 0 Å². The molecule has 0 aliphatic carbocycles. The molecule has 6 nitrogen and oxygen atoms in total. The number of benzene rings is 1. The number of aromatic amines is 1. The molecule has 116 valence electrons. The fraction of sp³-hybridized carbons (Fsp3) is 0.250. The number of nitrogens with one attached hydrogen (secondary N) is 2. The maximum Gasteiger partial charge on any atom is 0.287 e. The predicted octanol–water partition coefficient (Wildman–Crippen LogP) is 2.38. The van der Waals surface area contributed by atoms with Crippen molar-refractivity contribution in [3.8, 4) is 11.5 Å². The van der Waals surface area contributed by atoms with E-state index >= 15 is 0 Å². The van der Waals surface area contributed by atoms with Crippen molar-refractivity contribution in [2.45, 2.75) is 13.3 Å². The average Bonchev–Trinajstić information content (AvgIpc) is 3.07. The molecule has 2 aromatic rings. The Morgan fingerprint density at radius 3 is 2.64 bits per heavy atom. The summed E-state index contributed by atoms with van der Waals surface area (Å²) < 4.78 is 10.5. The number of hydrogen-bond acceptors (Lipinski definition) is 4. The summed E-state index contributed by atoms with van der Waals surface area (Å²) in [6.45, 7) is 1.85. The third-order valence-electron chi connectivity index (χ3n) is 3.10. The van der Waals surface area contributed by atoms with Crippen LogP contribution in [0.4, 0.5) is 0 Å². The topological polar surface area (TPSA) is 75.7 Å². The number of ether oxygens (including phenoxy) is 2. The molecule has 0 unspecified atom stereocenters. The van der Waals surface area contributed by atoms with Gasteiger partial charge in [-0.3, -0.25) is 4.79 Å². The van der Waals surface area contributed by atoms with E-state index in [-0.39, 0.29) is 5.91 Å². The van der Waals surface area contributed by atoms with Crippen molar-refractivity contribution < 1.29 is 14.3 Å². The summed E-state index contributed by atoms with van der Waals surface area (Å²) in [4.78, 5) is 14.6. The minimum atomic E-state index is -0.267. The van der Waals surface area contributed by atoms with Gasteiger partial charge in [0.25, 0.3) is 5.91 Å². The third-order valence-corrected chi connectivity index (χ3v) is 3.10. The third kappa shape index (κ3) is 3.88. The second-order valence-corrected chi connectivity index (χ2v) is 4.74. The van der Waals surface area contributed by atoms with Gasteiger partial charge < -0.3 is 14.5 Å². The van der Waals surface area contributed by atoms with Crippen molar-refractivity contribution in [3.05, 3.63) is 47.8 Å². The highest BCUT2D eigenvalue weighted by Crippen LogP contribution is 2.27. The van der Waals surface area contributed by atoms with Crippen LogP contribution in [0.3, 0.4) is 0 Å². The second kappa shape index (κ2) is 7.31. The number of amides is 1. The number of methoxy groups -OCH3 is 2. The number of carbonyl (C=O) groups excluding carboxylic acids is 1. The smallest absolute Gasteiger partial charge is 0.287 e. The van der Waals surface area contributed by atoms with Crippen LogP contribution in [0.5, 0.6) is 11.5 Å². The molecule has 0 bridgehead atoms. The molecule has 0 aliphatic rings. The fourth-order valence-corrected chi connectivity index (χ4v) is 2.00. The molecule has 1 amide bonds. The summed E-state index contributed by atoms with van der Waals surface area (Å²) in [7, 11) is 3.19. The maximum atomic E-state index is 11.8. The summed E-state index contributed by atoms with van der Waals surface area (Å²) in [5.41, 5.74) is 4.80. The lowest BCUT2D eigenvalue weighted by Crippen LogP contribution is -2.19. The Morgan fingerprint density at radius 1 is 1.23 bits per heavy atom. The lowest BCUT2D eigenvalue weighted by Gasteiger charge is -2.09. The Morgan fingerprint density at radius 2 is 2.00 bits per heavy atom. The summed E-state index contributed by atoms with van der Waals surface area (Å²) in [6.07, 6.45) is 2.29. The molecular formula is C16H19N3O3. The standard InChI is InChI=1S/C16H19N3O3/c1-11(18-19-16(20)13-5-4-8-17-13)9-12-6-7-14(21-2)15(10-12)22-3/h4-8,10,17H,9H2,1-3H3,(H,19,20)/b18-11-. The van der Waals surface area contributed by atoms with Gasteiger partial charge in [-0.1, -0.05) is 6.07 Å². The first-order chi connectivity index (χ1) is 10.6. The van der Waals surface area contributed by atoms with Crippen LogP contribution in [0.25, 0.3) is 0 Å². The molecule has 6 heteroatoms. The maximum absolute atomic E-state index is 11.8. The molecule has 1 heterocycles. The van der Waals surface area contributed by atoms with E-state index in [4.69, 9.17) is 9.47 Å². The van der Waals surface area contributed by atoms with Crippen LogP contribution in [0, 0.1) is 0 Å². The highest BCUT2D eigenvalue weighted by atomic mass is 16.5. The van der Waals surface area contributed by atoms with Crippen LogP contribution in [-0.4, -0.2) is 30.8 Å². The zero-order chi connectivity index (χ0) is 15.9.